The van der Waals surface area contributed by atoms with E-state index in [1.807, 2.05) is 24.3 Å². The van der Waals surface area contributed by atoms with Crippen LogP contribution in [0.15, 0.2) is 56.3 Å². The second-order valence-electron chi connectivity index (χ2n) is 4.53. The van der Waals surface area contributed by atoms with Gasteiger partial charge in [0.1, 0.15) is 4.90 Å². The molecular formula is C14H14Br2N2O2S. The minimum Gasteiger partial charge on any atom is -0.398 e. The van der Waals surface area contributed by atoms with Crippen LogP contribution < -0.4 is 5.73 Å². The minimum atomic E-state index is -3.63. The summed E-state index contributed by atoms with van der Waals surface area (Å²) in [6.45, 7) is 0.263. The normalized spacial score (nSPS) is 11.8. The van der Waals surface area contributed by atoms with Gasteiger partial charge in [0.05, 0.1) is 5.69 Å². The maximum absolute atomic E-state index is 12.6. The molecule has 112 valence electrons. The summed E-state index contributed by atoms with van der Waals surface area (Å²) < 4.78 is 28.1. The molecule has 7 heteroatoms. The lowest BCUT2D eigenvalue weighted by atomic mass is 10.2. The molecular weight excluding hydrogens is 420 g/mol. The van der Waals surface area contributed by atoms with E-state index in [9.17, 15) is 8.42 Å². The van der Waals surface area contributed by atoms with Gasteiger partial charge < -0.3 is 5.73 Å². The van der Waals surface area contributed by atoms with Gasteiger partial charge in [-0.05, 0) is 29.8 Å². The standard InChI is InChI=1S/C14H14Br2N2O2S/c1-18(9-10-4-2-3-5-12(10)16)21(19,20)14-7-6-11(15)8-13(14)17/h2-8H,9,17H2,1H3. The van der Waals surface area contributed by atoms with Crippen LogP contribution in [0.4, 0.5) is 5.69 Å². The topological polar surface area (TPSA) is 63.4 Å². The van der Waals surface area contributed by atoms with Crippen molar-refractivity contribution in [3.05, 3.63) is 57.0 Å². The number of anilines is 1. The molecule has 0 heterocycles. The van der Waals surface area contributed by atoms with Gasteiger partial charge in [-0.15, -0.1) is 0 Å². The van der Waals surface area contributed by atoms with E-state index in [4.69, 9.17) is 5.73 Å². The van der Waals surface area contributed by atoms with E-state index in [-0.39, 0.29) is 17.1 Å². The quantitative estimate of drug-likeness (QED) is 0.749. The van der Waals surface area contributed by atoms with E-state index < -0.39 is 10.0 Å². The molecule has 2 N–H and O–H groups in total. The molecule has 2 rings (SSSR count). The number of nitrogen functional groups attached to an aromatic ring is 1. The fourth-order valence-corrected chi connectivity index (χ4v) is 3.90. The number of nitrogens with two attached hydrogens (primary N) is 1. The molecule has 2 aromatic carbocycles. The molecule has 0 saturated heterocycles. The molecule has 0 aliphatic rings. The first-order valence-corrected chi connectivity index (χ1v) is 9.10. The molecule has 0 unspecified atom stereocenters. The molecule has 0 aliphatic carbocycles. The maximum atomic E-state index is 12.6. The number of rotatable bonds is 4. The largest absolute Gasteiger partial charge is 0.398 e. The van der Waals surface area contributed by atoms with Crippen molar-refractivity contribution in [2.75, 3.05) is 12.8 Å². The third-order valence-electron chi connectivity index (χ3n) is 3.01. The molecule has 0 fully saturated rings. The lowest BCUT2D eigenvalue weighted by Gasteiger charge is -2.19. The highest BCUT2D eigenvalue weighted by molar-refractivity contribution is 9.10. The molecule has 0 amide bonds. The van der Waals surface area contributed by atoms with E-state index in [1.165, 1.54) is 17.4 Å². The Morgan fingerprint density at radius 3 is 2.43 bits per heavy atom. The second-order valence-corrected chi connectivity index (χ2v) is 8.32. The number of benzene rings is 2. The molecule has 0 spiro atoms. The van der Waals surface area contributed by atoms with Crippen molar-refractivity contribution in [2.24, 2.45) is 0 Å². The summed E-state index contributed by atoms with van der Waals surface area (Å²) in [5.74, 6) is 0. The van der Waals surface area contributed by atoms with Crippen molar-refractivity contribution in [3.63, 3.8) is 0 Å². The Bertz CT molecular complexity index is 763. The van der Waals surface area contributed by atoms with E-state index >= 15 is 0 Å². The predicted octanol–water partition coefficient (Wildman–Crippen LogP) is 3.61. The molecule has 0 aromatic heterocycles. The zero-order valence-electron chi connectivity index (χ0n) is 11.3. The van der Waals surface area contributed by atoms with Crippen LogP contribution in [-0.4, -0.2) is 19.8 Å². The highest BCUT2D eigenvalue weighted by Gasteiger charge is 2.23. The zero-order chi connectivity index (χ0) is 15.6. The van der Waals surface area contributed by atoms with Crippen molar-refractivity contribution in [1.82, 2.24) is 4.31 Å². The lowest BCUT2D eigenvalue weighted by molar-refractivity contribution is 0.466. The van der Waals surface area contributed by atoms with Crippen molar-refractivity contribution in [1.29, 1.82) is 0 Å². The van der Waals surface area contributed by atoms with E-state index in [0.29, 0.717) is 0 Å². The van der Waals surface area contributed by atoms with Crippen LogP contribution in [0, 0.1) is 0 Å². The van der Waals surface area contributed by atoms with Gasteiger partial charge >= 0.3 is 0 Å². The SMILES string of the molecule is CN(Cc1ccccc1Br)S(=O)(=O)c1ccc(Br)cc1N. The van der Waals surface area contributed by atoms with Crippen LogP contribution in [0.5, 0.6) is 0 Å². The van der Waals surface area contributed by atoms with Crippen molar-refractivity contribution < 1.29 is 8.42 Å². The lowest BCUT2D eigenvalue weighted by Crippen LogP contribution is -2.27. The first kappa shape index (κ1) is 16.5. The Labute approximate surface area is 141 Å². The molecule has 2 aromatic rings. The Morgan fingerprint density at radius 2 is 1.81 bits per heavy atom. The van der Waals surface area contributed by atoms with E-state index in [2.05, 4.69) is 31.9 Å². The average Bonchev–Trinajstić information content (AvgIpc) is 2.40. The maximum Gasteiger partial charge on any atom is 0.245 e. The van der Waals surface area contributed by atoms with Gasteiger partial charge in [-0.25, -0.2) is 8.42 Å². The first-order chi connectivity index (χ1) is 9.82. The van der Waals surface area contributed by atoms with Crippen molar-refractivity contribution >= 4 is 47.6 Å². The number of sulfonamides is 1. The number of nitrogens with zero attached hydrogens (tertiary/aromatic N) is 1. The molecule has 0 atom stereocenters. The average molecular weight is 434 g/mol. The molecule has 0 radical (unpaired) electrons. The van der Waals surface area contributed by atoms with Crippen molar-refractivity contribution in [3.8, 4) is 0 Å². The Hall–Kier alpha value is -0.890. The summed E-state index contributed by atoms with van der Waals surface area (Å²) in [6.07, 6.45) is 0. The predicted molar refractivity (Wildman–Crippen MR) is 91.3 cm³/mol. The summed E-state index contributed by atoms with van der Waals surface area (Å²) in [4.78, 5) is 0.111. The highest BCUT2D eigenvalue weighted by atomic mass is 79.9. The zero-order valence-corrected chi connectivity index (χ0v) is 15.2. The number of halogens is 2. The summed E-state index contributed by atoms with van der Waals surface area (Å²) >= 11 is 6.69. The smallest absolute Gasteiger partial charge is 0.245 e. The van der Waals surface area contributed by atoms with Crippen LogP contribution >= 0.6 is 31.9 Å². The number of hydrogen-bond acceptors (Lipinski definition) is 3. The summed E-state index contributed by atoms with van der Waals surface area (Å²) in [5, 5.41) is 0. The molecule has 0 saturated carbocycles. The van der Waals surface area contributed by atoms with E-state index in [0.717, 1.165) is 14.5 Å². The highest BCUT2D eigenvalue weighted by Crippen LogP contribution is 2.27. The van der Waals surface area contributed by atoms with E-state index in [1.54, 1.807) is 12.1 Å². The van der Waals surface area contributed by atoms with Gasteiger partial charge in [0.15, 0.2) is 0 Å². The van der Waals surface area contributed by atoms with Crippen LogP contribution in [-0.2, 0) is 16.6 Å². The van der Waals surface area contributed by atoms with Gasteiger partial charge in [-0.3, -0.25) is 0 Å². The number of hydrogen-bond donors (Lipinski definition) is 1. The minimum absolute atomic E-state index is 0.111. The summed E-state index contributed by atoms with van der Waals surface area (Å²) in [6, 6.07) is 12.3. The van der Waals surface area contributed by atoms with Crippen LogP contribution in [0.1, 0.15) is 5.56 Å². The Kier molecular flexibility index (Phi) is 5.08. The van der Waals surface area contributed by atoms with Gasteiger partial charge in [-0.2, -0.15) is 4.31 Å². The van der Waals surface area contributed by atoms with Gasteiger partial charge in [0.2, 0.25) is 10.0 Å². The Balaban J connectivity index is 2.33. The molecule has 4 nitrogen and oxygen atoms in total. The van der Waals surface area contributed by atoms with Crippen LogP contribution in [0.2, 0.25) is 0 Å². The monoisotopic (exact) mass is 432 g/mol. The fourth-order valence-electron chi connectivity index (χ4n) is 1.87. The third-order valence-corrected chi connectivity index (χ3v) is 6.16. The fraction of sp³-hybridized carbons (Fsp3) is 0.143. The van der Waals surface area contributed by atoms with Crippen molar-refractivity contribution in [2.45, 2.75) is 11.4 Å². The molecule has 0 bridgehead atoms. The first-order valence-electron chi connectivity index (χ1n) is 6.07. The summed E-state index contributed by atoms with van der Waals surface area (Å²) in [5.41, 5.74) is 6.94. The second kappa shape index (κ2) is 6.48. The third kappa shape index (κ3) is 3.66. The van der Waals surface area contributed by atoms with Crippen LogP contribution in [0.3, 0.4) is 0 Å². The van der Waals surface area contributed by atoms with Gasteiger partial charge in [-0.1, -0.05) is 50.1 Å². The molecule has 21 heavy (non-hydrogen) atoms. The van der Waals surface area contributed by atoms with Gasteiger partial charge in [0.25, 0.3) is 0 Å². The van der Waals surface area contributed by atoms with Crippen LogP contribution in [0.25, 0.3) is 0 Å². The Morgan fingerprint density at radius 1 is 1.14 bits per heavy atom. The van der Waals surface area contributed by atoms with Gasteiger partial charge in [0, 0.05) is 22.5 Å². The molecule has 0 aliphatic heterocycles. The summed E-state index contributed by atoms with van der Waals surface area (Å²) in [7, 11) is -2.10.